The summed E-state index contributed by atoms with van der Waals surface area (Å²) in [5.74, 6) is -2.60. The first-order valence-electron chi connectivity index (χ1n) is 2.30. The third-order valence-corrected chi connectivity index (χ3v) is 0.723. The van der Waals surface area contributed by atoms with Crippen LogP contribution in [-0.2, 0) is 14.5 Å². The van der Waals surface area contributed by atoms with Crippen LogP contribution in [0.1, 0.15) is 6.42 Å². The first-order valence-corrected chi connectivity index (χ1v) is 2.30. The van der Waals surface area contributed by atoms with Crippen molar-refractivity contribution in [1.82, 2.24) is 0 Å². The fraction of sp³-hybridized carbons (Fsp3) is 0.200. The number of carboxylic acid groups (broad SMARTS) is 1. The highest BCUT2D eigenvalue weighted by molar-refractivity contribution is 5.92. The van der Waals surface area contributed by atoms with Crippen molar-refractivity contribution in [3.8, 4) is 0 Å². The summed E-state index contributed by atoms with van der Waals surface area (Å²) in [6.45, 7) is 2.97. The molecule has 0 amide bonds. The Kier molecular flexibility index (Phi) is 3.10. The lowest BCUT2D eigenvalue weighted by molar-refractivity contribution is -0.178. The molecule has 0 fully saturated rings. The highest BCUT2D eigenvalue weighted by Gasteiger charge is 2.12. The quantitative estimate of drug-likeness (QED) is 0.590. The van der Waals surface area contributed by atoms with Gasteiger partial charge in [-0.1, -0.05) is 6.58 Å². The van der Waals surface area contributed by atoms with Gasteiger partial charge in [-0.05, 0) is 0 Å². The molecule has 10 heavy (non-hydrogen) atoms. The number of halogens is 1. The van der Waals surface area contributed by atoms with E-state index < -0.39 is 23.9 Å². The first-order chi connectivity index (χ1) is 4.57. The van der Waals surface area contributed by atoms with Crippen LogP contribution in [0.4, 0.5) is 4.53 Å². The molecule has 0 heterocycles. The minimum atomic E-state index is -1.34. The van der Waals surface area contributed by atoms with Crippen LogP contribution in [-0.4, -0.2) is 17.0 Å². The summed E-state index contributed by atoms with van der Waals surface area (Å²) in [5, 5.41) is 8.04. The molecule has 0 atom stereocenters. The molecule has 56 valence electrons. The molecule has 0 aromatic heterocycles. The maximum Gasteiger partial charge on any atom is 0.375 e. The van der Waals surface area contributed by atoms with E-state index >= 15 is 0 Å². The molecule has 0 aliphatic rings. The van der Waals surface area contributed by atoms with Crippen molar-refractivity contribution in [3.05, 3.63) is 12.2 Å². The molecule has 1 N–H and O–H groups in total. The van der Waals surface area contributed by atoms with Crippen LogP contribution >= 0.6 is 0 Å². The van der Waals surface area contributed by atoms with Crippen LogP contribution in [0.3, 0.4) is 0 Å². The molecular formula is C5H5FO4. The van der Waals surface area contributed by atoms with Gasteiger partial charge in [-0.2, -0.15) is 0 Å². The van der Waals surface area contributed by atoms with Crippen molar-refractivity contribution >= 4 is 11.9 Å². The molecule has 0 aromatic rings. The second-order valence-electron chi connectivity index (χ2n) is 1.54. The Hall–Kier alpha value is -1.39. The Morgan fingerprint density at radius 3 is 2.40 bits per heavy atom. The highest BCUT2D eigenvalue weighted by Crippen LogP contribution is 2.00. The zero-order chi connectivity index (χ0) is 8.15. The molecule has 0 unspecified atom stereocenters. The lowest BCUT2D eigenvalue weighted by atomic mass is 10.2. The van der Waals surface area contributed by atoms with Gasteiger partial charge in [0.15, 0.2) is 0 Å². The van der Waals surface area contributed by atoms with Crippen molar-refractivity contribution in [2.45, 2.75) is 6.42 Å². The predicted octanol–water partition coefficient (Wildman–Crippen LogP) is 0.445. The Morgan fingerprint density at radius 2 is 2.10 bits per heavy atom. The van der Waals surface area contributed by atoms with Crippen LogP contribution in [0.15, 0.2) is 12.2 Å². The summed E-state index contributed by atoms with van der Waals surface area (Å²) >= 11 is 0. The summed E-state index contributed by atoms with van der Waals surface area (Å²) in [5.41, 5.74) is -0.421. The smallest absolute Gasteiger partial charge is 0.375 e. The topological polar surface area (TPSA) is 63.6 Å². The summed E-state index contributed by atoms with van der Waals surface area (Å²) in [4.78, 5) is 22.6. The summed E-state index contributed by atoms with van der Waals surface area (Å²) < 4.78 is 11.0. The normalized spacial score (nSPS) is 8.50. The summed E-state index contributed by atoms with van der Waals surface area (Å²) in [7, 11) is 0. The van der Waals surface area contributed by atoms with E-state index in [1.54, 1.807) is 0 Å². The van der Waals surface area contributed by atoms with Crippen LogP contribution in [0, 0.1) is 0 Å². The van der Waals surface area contributed by atoms with E-state index in [4.69, 9.17) is 5.11 Å². The van der Waals surface area contributed by atoms with E-state index in [2.05, 4.69) is 11.5 Å². The van der Waals surface area contributed by atoms with Gasteiger partial charge < -0.3 is 5.11 Å². The van der Waals surface area contributed by atoms with E-state index in [-0.39, 0.29) is 0 Å². The van der Waals surface area contributed by atoms with Gasteiger partial charge in [0.1, 0.15) is 0 Å². The average Bonchev–Trinajstić information content (AvgIpc) is 1.85. The Labute approximate surface area is 55.8 Å². The zero-order valence-electron chi connectivity index (χ0n) is 4.96. The molecule has 5 heteroatoms. The number of hydrogen-bond donors (Lipinski definition) is 1. The van der Waals surface area contributed by atoms with E-state index in [0.29, 0.717) is 0 Å². The molecule has 0 aromatic carbocycles. The van der Waals surface area contributed by atoms with Gasteiger partial charge in [-0.15, -0.1) is 0 Å². The fourth-order valence-electron chi connectivity index (χ4n) is 0.309. The lowest BCUT2D eigenvalue weighted by Crippen LogP contribution is -2.06. The van der Waals surface area contributed by atoms with Gasteiger partial charge in [-0.3, -0.25) is 4.79 Å². The number of carbonyl (C=O) groups excluding carboxylic acids is 1. The minimum Gasteiger partial charge on any atom is -0.481 e. The second kappa shape index (κ2) is 3.60. The summed E-state index contributed by atoms with van der Waals surface area (Å²) in [6, 6.07) is 0. The monoisotopic (exact) mass is 148 g/mol. The number of carbonyl (C=O) groups is 2. The van der Waals surface area contributed by atoms with Crippen LogP contribution in [0.2, 0.25) is 0 Å². The van der Waals surface area contributed by atoms with Crippen molar-refractivity contribution in [3.63, 3.8) is 0 Å². The van der Waals surface area contributed by atoms with Crippen LogP contribution in [0.25, 0.3) is 0 Å². The van der Waals surface area contributed by atoms with Crippen molar-refractivity contribution in [2.24, 2.45) is 0 Å². The van der Waals surface area contributed by atoms with Gasteiger partial charge in [0.25, 0.3) is 0 Å². The molecule has 4 nitrogen and oxygen atoms in total. The van der Waals surface area contributed by atoms with Gasteiger partial charge in [0.2, 0.25) is 0 Å². The molecule has 0 aliphatic heterocycles. The van der Waals surface area contributed by atoms with Crippen molar-refractivity contribution in [2.75, 3.05) is 0 Å². The van der Waals surface area contributed by atoms with Gasteiger partial charge >= 0.3 is 11.9 Å². The number of carboxylic acids is 1. The molecule has 0 radical (unpaired) electrons. The molecule has 0 saturated carbocycles. The molecule has 0 aliphatic carbocycles. The molecule has 0 rings (SSSR count). The summed E-state index contributed by atoms with van der Waals surface area (Å²) in [6.07, 6.45) is -0.608. The highest BCUT2D eigenvalue weighted by atomic mass is 19.3. The average molecular weight is 148 g/mol. The first kappa shape index (κ1) is 8.61. The molecule has 0 bridgehead atoms. The van der Waals surface area contributed by atoms with Crippen molar-refractivity contribution < 1.29 is 24.2 Å². The Bertz CT molecular complexity index is 174. The Morgan fingerprint density at radius 1 is 1.60 bits per heavy atom. The van der Waals surface area contributed by atoms with E-state index in [9.17, 15) is 14.1 Å². The third kappa shape index (κ3) is 2.81. The van der Waals surface area contributed by atoms with Gasteiger partial charge in [-0.25, -0.2) is 9.74 Å². The standard InChI is InChI=1S/C5H5FO4/c1-3(2-4(7)8)5(9)10-6/h1-2H2,(H,7,8). The number of hydrogen-bond acceptors (Lipinski definition) is 3. The van der Waals surface area contributed by atoms with Gasteiger partial charge in [0.05, 0.1) is 6.42 Å². The van der Waals surface area contributed by atoms with Crippen LogP contribution in [0.5, 0.6) is 0 Å². The fourth-order valence-corrected chi connectivity index (χ4v) is 0.309. The van der Waals surface area contributed by atoms with Crippen LogP contribution < -0.4 is 0 Å². The largest absolute Gasteiger partial charge is 0.481 e. The maximum atomic E-state index is 11.0. The Balaban J connectivity index is 3.86. The van der Waals surface area contributed by atoms with E-state index in [1.165, 1.54) is 0 Å². The lowest BCUT2D eigenvalue weighted by Gasteiger charge is -1.93. The number of rotatable bonds is 3. The predicted molar refractivity (Wildman–Crippen MR) is 28.6 cm³/mol. The maximum absolute atomic E-state index is 11.0. The number of aliphatic carboxylic acids is 1. The molecular weight excluding hydrogens is 143 g/mol. The second-order valence-corrected chi connectivity index (χ2v) is 1.54. The zero-order valence-corrected chi connectivity index (χ0v) is 4.96. The van der Waals surface area contributed by atoms with Gasteiger partial charge in [0, 0.05) is 10.1 Å². The SMILES string of the molecule is C=C(CC(=O)O)C(=O)OF. The minimum absolute atomic E-state index is 0.421. The molecule has 0 saturated heterocycles. The van der Waals surface area contributed by atoms with E-state index in [0.717, 1.165) is 0 Å². The van der Waals surface area contributed by atoms with Crippen molar-refractivity contribution in [1.29, 1.82) is 0 Å². The molecule has 0 spiro atoms. The third-order valence-electron chi connectivity index (χ3n) is 0.723. The van der Waals surface area contributed by atoms with E-state index in [1.807, 2.05) is 0 Å².